The molecule has 2 N–H and O–H groups in total. The second-order valence-electron chi connectivity index (χ2n) is 7.02. The van der Waals surface area contributed by atoms with Crippen molar-refractivity contribution in [3.63, 3.8) is 0 Å². The monoisotopic (exact) mass is 431 g/mol. The first-order chi connectivity index (χ1) is 15.3. The second-order valence-corrected chi connectivity index (χ2v) is 7.02. The molecular formula is C23H21N5O4. The van der Waals surface area contributed by atoms with Gasteiger partial charge in [0.15, 0.2) is 0 Å². The molecule has 0 aliphatic carbocycles. The molecule has 0 saturated carbocycles. The number of hydrogen-bond donors (Lipinski definition) is 2. The molecule has 9 nitrogen and oxygen atoms in total. The maximum Gasteiger partial charge on any atom is 0.271 e. The predicted molar refractivity (Wildman–Crippen MR) is 123 cm³/mol. The molecule has 0 unspecified atom stereocenters. The molecule has 0 bridgehead atoms. The first kappa shape index (κ1) is 22.2. The zero-order chi connectivity index (χ0) is 23.1. The molecule has 0 aliphatic heterocycles. The van der Waals surface area contributed by atoms with Crippen LogP contribution in [0.4, 0.5) is 17.1 Å². The fourth-order valence-corrected chi connectivity index (χ4v) is 2.76. The van der Waals surface area contributed by atoms with Gasteiger partial charge in [0.05, 0.1) is 11.1 Å². The van der Waals surface area contributed by atoms with E-state index in [1.165, 1.54) is 24.3 Å². The van der Waals surface area contributed by atoms with Gasteiger partial charge in [0.2, 0.25) is 0 Å². The topological polar surface area (TPSA) is 117 Å². The number of nitro benzene ring substituents is 1. The van der Waals surface area contributed by atoms with E-state index in [4.69, 9.17) is 0 Å². The summed E-state index contributed by atoms with van der Waals surface area (Å²) in [5, 5.41) is 17.5. The number of anilines is 2. The van der Waals surface area contributed by atoms with E-state index < -0.39 is 16.7 Å². The number of non-ortho nitro benzene ring substituents is 1. The van der Waals surface area contributed by atoms with Crippen molar-refractivity contribution in [2.75, 3.05) is 24.3 Å². The summed E-state index contributed by atoms with van der Waals surface area (Å²) in [5.74, 6) is -0.890. The van der Waals surface area contributed by atoms with E-state index in [0.717, 1.165) is 11.3 Å². The number of carbonyl (C=O) groups excluding carboxylic acids is 2. The lowest BCUT2D eigenvalue weighted by Gasteiger charge is -2.11. The number of amides is 2. The number of carbonyl (C=O) groups is 2. The Morgan fingerprint density at radius 3 is 2.25 bits per heavy atom. The molecule has 9 heteroatoms. The van der Waals surface area contributed by atoms with E-state index in [0.29, 0.717) is 11.3 Å². The van der Waals surface area contributed by atoms with E-state index >= 15 is 0 Å². The van der Waals surface area contributed by atoms with Gasteiger partial charge in [-0.2, -0.15) is 5.10 Å². The van der Waals surface area contributed by atoms with Crippen LogP contribution in [0.15, 0.2) is 77.9 Å². The van der Waals surface area contributed by atoms with Gasteiger partial charge in [-0.15, -0.1) is 0 Å². The minimum Gasteiger partial charge on any atom is -0.378 e. The van der Waals surface area contributed by atoms with E-state index in [1.807, 2.05) is 43.3 Å². The van der Waals surface area contributed by atoms with Crippen LogP contribution < -0.4 is 15.6 Å². The van der Waals surface area contributed by atoms with Gasteiger partial charge in [0.25, 0.3) is 17.5 Å². The van der Waals surface area contributed by atoms with Crippen molar-refractivity contribution < 1.29 is 14.5 Å². The Hall–Kier alpha value is -4.53. The van der Waals surface area contributed by atoms with E-state index in [-0.39, 0.29) is 11.3 Å². The van der Waals surface area contributed by atoms with Crippen molar-refractivity contribution in [1.82, 2.24) is 5.43 Å². The number of rotatable bonds is 7. The van der Waals surface area contributed by atoms with Gasteiger partial charge in [-0.3, -0.25) is 19.7 Å². The van der Waals surface area contributed by atoms with E-state index in [2.05, 4.69) is 15.8 Å². The maximum atomic E-state index is 12.3. The van der Waals surface area contributed by atoms with E-state index in [1.54, 1.807) is 30.5 Å². The molecule has 0 aliphatic rings. The lowest BCUT2D eigenvalue weighted by molar-refractivity contribution is -0.384. The van der Waals surface area contributed by atoms with Gasteiger partial charge in [0.1, 0.15) is 0 Å². The largest absolute Gasteiger partial charge is 0.378 e. The molecule has 3 aromatic carbocycles. The molecule has 0 atom stereocenters. The highest BCUT2D eigenvalue weighted by Crippen LogP contribution is 2.16. The smallest absolute Gasteiger partial charge is 0.271 e. The fourth-order valence-electron chi connectivity index (χ4n) is 2.76. The highest BCUT2D eigenvalue weighted by molar-refractivity contribution is 6.05. The van der Waals surface area contributed by atoms with Crippen LogP contribution in [0, 0.1) is 10.1 Å². The number of hydrazone groups is 1. The third-order valence-electron chi connectivity index (χ3n) is 4.51. The highest BCUT2D eigenvalue weighted by Gasteiger charge is 2.12. The van der Waals surface area contributed by atoms with Crippen molar-refractivity contribution in [3.05, 3.63) is 99.6 Å². The molecule has 0 saturated heterocycles. The van der Waals surface area contributed by atoms with Crippen molar-refractivity contribution in [2.45, 2.75) is 0 Å². The van der Waals surface area contributed by atoms with Crippen molar-refractivity contribution in [3.8, 4) is 0 Å². The van der Waals surface area contributed by atoms with Gasteiger partial charge in [-0.05, 0) is 48.0 Å². The lowest BCUT2D eigenvalue weighted by atomic mass is 10.1. The summed E-state index contributed by atoms with van der Waals surface area (Å²) in [4.78, 5) is 36.8. The third kappa shape index (κ3) is 5.76. The molecule has 0 aromatic heterocycles. The van der Waals surface area contributed by atoms with Gasteiger partial charge >= 0.3 is 0 Å². The first-order valence-electron chi connectivity index (χ1n) is 9.60. The van der Waals surface area contributed by atoms with Crippen LogP contribution in [0.3, 0.4) is 0 Å². The summed E-state index contributed by atoms with van der Waals surface area (Å²) < 4.78 is 0. The zero-order valence-electron chi connectivity index (χ0n) is 17.5. The summed E-state index contributed by atoms with van der Waals surface area (Å²) >= 11 is 0. The van der Waals surface area contributed by atoms with Crippen LogP contribution >= 0.6 is 0 Å². The molecule has 162 valence electrons. The minimum atomic E-state index is -0.564. The molecule has 0 radical (unpaired) electrons. The van der Waals surface area contributed by atoms with Crippen molar-refractivity contribution in [2.24, 2.45) is 5.10 Å². The Kier molecular flexibility index (Phi) is 6.92. The van der Waals surface area contributed by atoms with Gasteiger partial charge in [-0.25, -0.2) is 5.43 Å². The standard InChI is InChI=1S/C23H21N5O4/c1-27(2)20-12-6-16(7-13-20)15-24-26-23(30)17-8-10-19(11-9-17)25-22(29)18-4-3-5-21(14-18)28(31)32/h3-15H,1-2H3,(H,25,29)(H,26,30). The van der Waals surface area contributed by atoms with Crippen LogP contribution in [0.25, 0.3) is 0 Å². The van der Waals surface area contributed by atoms with Crippen molar-refractivity contribution >= 4 is 35.1 Å². The molecule has 3 rings (SSSR count). The molecule has 0 spiro atoms. The fraction of sp³-hybridized carbons (Fsp3) is 0.0870. The number of nitrogens with zero attached hydrogens (tertiary/aromatic N) is 3. The summed E-state index contributed by atoms with van der Waals surface area (Å²) in [7, 11) is 3.90. The Bertz CT molecular complexity index is 1160. The van der Waals surface area contributed by atoms with Crippen molar-refractivity contribution in [1.29, 1.82) is 0 Å². The van der Waals surface area contributed by atoms with Crippen LogP contribution in [0.5, 0.6) is 0 Å². The van der Waals surface area contributed by atoms with Gasteiger partial charge < -0.3 is 10.2 Å². The zero-order valence-corrected chi connectivity index (χ0v) is 17.5. The van der Waals surface area contributed by atoms with Crippen LogP contribution in [-0.2, 0) is 0 Å². The second kappa shape index (κ2) is 9.98. The number of benzene rings is 3. The van der Waals surface area contributed by atoms with Crippen LogP contribution in [0.1, 0.15) is 26.3 Å². The molecule has 3 aromatic rings. The Morgan fingerprint density at radius 2 is 1.62 bits per heavy atom. The Morgan fingerprint density at radius 1 is 0.938 bits per heavy atom. The molecular weight excluding hydrogens is 410 g/mol. The number of hydrogen-bond acceptors (Lipinski definition) is 6. The Balaban J connectivity index is 1.57. The maximum absolute atomic E-state index is 12.3. The van der Waals surface area contributed by atoms with Gasteiger partial charge in [-0.1, -0.05) is 18.2 Å². The number of nitro groups is 1. The molecule has 32 heavy (non-hydrogen) atoms. The average Bonchev–Trinajstić information content (AvgIpc) is 2.80. The highest BCUT2D eigenvalue weighted by atomic mass is 16.6. The lowest BCUT2D eigenvalue weighted by Crippen LogP contribution is -2.18. The quantitative estimate of drug-likeness (QED) is 0.336. The SMILES string of the molecule is CN(C)c1ccc(C=NNC(=O)c2ccc(NC(=O)c3cccc([N+](=O)[O-])c3)cc2)cc1. The molecule has 0 heterocycles. The average molecular weight is 431 g/mol. The van der Waals surface area contributed by atoms with Crippen LogP contribution in [0.2, 0.25) is 0 Å². The molecule has 0 fully saturated rings. The van der Waals surface area contributed by atoms with E-state index in [9.17, 15) is 19.7 Å². The minimum absolute atomic E-state index is 0.161. The first-order valence-corrected chi connectivity index (χ1v) is 9.60. The Labute approximate surface area is 184 Å². The number of nitrogens with one attached hydrogen (secondary N) is 2. The normalized spacial score (nSPS) is 10.6. The van der Waals surface area contributed by atoms with Gasteiger partial charge in [0, 0.05) is 48.7 Å². The predicted octanol–water partition coefficient (Wildman–Crippen LogP) is 3.68. The summed E-state index contributed by atoms with van der Waals surface area (Å²) in [6.45, 7) is 0. The summed E-state index contributed by atoms with van der Waals surface area (Å²) in [5.41, 5.74) is 5.16. The van der Waals surface area contributed by atoms with Crippen LogP contribution in [-0.4, -0.2) is 37.0 Å². The summed E-state index contributed by atoms with van der Waals surface area (Å²) in [6, 6.07) is 19.3. The molecule has 2 amide bonds. The summed E-state index contributed by atoms with van der Waals surface area (Å²) in [6.07, 6.45) is 1.55. The third-order valence-corrected chi connectivity index (χ3v) is 4.51.